The Kier molecular flexibility index (Phi) is 4.60. The molecule has 0 atom stereocenters. The van der Waals surface area contributed by atoms with Gasteiger partial charge in [0.05, 0.1) is 16.9 Å². The van der Waals surface area contributed by atoms with Crippen molar-refractivity contribution >= 4 is 17.3 Å². The lowest BCUT2D eigenvalue weighted by Gasteiger charge is -2.22. The molecule has 0 saturated carbocycles. The van der Waals surface area contributed by atoms with Crippen LogP contribution in [0.3, 0.4) is 0 Å². The van der Waals surface area contributed by atoms with Gasteiger partial charge in [-0.25, -0.2) is 0 Å². The van der Waals surface area contributed by atoms with Crippen molar-refractivity contribution in [2.24, 2.45) is 0 Å². The lowest BCUT2D eigenvalue weighted by atomic mass is 10.1. The molecule has 114 valence electrons. The van der Waals surface area contributed by atoms with Gasteiger partial charge in [-0.15, -0.1) is 0 Å². The van der Waals surface area contributed by atoms with E-state index in [9.17, 15) is 4.79 Å². The first kappa shape index (κ1) is 14.2. The summed E-state index contributed by atoms with van der Waals surface area (Å²) in [7, 11) is 0. The van der Waals surface area contributed by atoms with E-state index < -0.39 is 0 Å². The average molecular weight is 288 g/mol. The predicted octanol–water partition coefficient (Wildman–Crippen LogP) is 1.74. The summed E-state index contributed by atoms with van der Waals surface area (Å²) < 4.78 is 0. The van der Waals surface area contributed by atoms with Gasteiger partial charge in [-0.05, 0) is 51.0 Å². The van der Waals surface area contributed by atoms with E-state index in [4.69, 9.17) is 0 Å². The molecule has 2 heterocycles. The highest BCUT2D eigenvalue weighted by molar-refractivity contribution is 6.02. The zero-order valence-electron chi connectivity index (χ0n) is 12.5. The molecule has 3 rings (SSSR count). The van der Waals surface area contributed by atoms with Crippen LogP contribution < -0.4 is 16.0 Å². The summed E-state index contributed by atoms with van der Waals surface area (Å²) in [6.07, 6.45) is 3.66. The van der Waals surface area contributed by atoms with Gasteiger partial charge in [0.25, 0.3) is 5.91 Å². The molecule has 0 aliphatic carbocycles. The van der Waals surface area contributed by atoms with Gasteiger partial charge >= 0.3 is 0 Å². The SMILES string of the molecule is O=C(NCCCN1CCCC1)c1cccc2c1NCCN2. The summed E-state index contributed by atoms with van der Waals surface area (Å²) in [5.41, 5.74) is 2.69. The number of nitrogens with zero attached hydrogens (tertiary/aromatic N) is 1. The van der Waals surface area contributed by atoms with E-state index in [1.807, 2.05) is 18.2 Å². The molecule has 2 aliphatic rings. The third-order valence-corrected chi connectivity index (χ3v) is 4.19. The first-order valence-electron chi connectivity index (χ1n) is 7.96. The second kappa shape index (κ2) is 6.80. The quantitative estimate of drug-likeness (QED) is 0.722. The third-order valence-electron chi connectivity index (χ3n) is 4.19. The summed E-state index contributed by atoms with van der Waals surface area (Å²) in [6, 6.07) is 5.82. The summed E-state index contributed by atoms with van der Waals surface area (Å²) in [4.78, 5) is 14.8. The number of amides is 1. The van der Waals surface area contributed by atoms with Crippen LogP contribution in [-0.2, 0) is 0 Å². The number of hydrogen-bond donors (Lipinski definition) is 3. The van der Waals surface area contributed by atoms with Crippen LogP contribution in [0.15, 0.2) is 18.2 Å². The van der Waals surface area contributed by atoms with Crippen molar-refractivity contribution in [2.75, 3.05) is 49.9 Å². The van der Waals surface area contributed by atoms with Gasteiger partial charge in [0.2, 0.25) is 0 Å². The van der Waals surface area contributed by atoms with Crippen LogP contribution in [0, 0.1) is 0 Å². The third kappa shape index (κ3) is 3.47. The first-order chi connectivity index (χ1) is 10.3. The number of benzene rings is 1. The fourth-order valence-electron chi connectivity index (χ4n) is 3.07. The molecule has 5 nitrogen and oxygen atoms in total. The topological polar surface area (TPSA) is 56.4 Å². The summed E-state index contributed by atoms with van der Waals surface area (Å²) >= 11 is 0. The largest absolute Gasteiger partial charge is 0.382 e. The van der Waals surface area contributed by atoms with Crippen molar-refractivity contribution < 1.29 is 4.79 Å². The Labute approximate surface area is 126 Å². The maximum atomic E-state index is 12.3. The molecule has 2 aliphatic heterocycles. The van der Waals surface area contributed by atoms with E-state index in [0.29, 0.717) is 0 Å². The Hall–Kier alpha value is -1.75. The molecule has 21 heavy (non-hydrogen) atoms. The molecule has 1 aromatic rings. The van der Waals surface area contributed by atoms with Gasteiger partial charge in [-0.1, -0.05) is 6.07 Å². The molecule has 1 saturated heterocycles. The Morgan fingerprint density at radius 3 is 2.86 bits per heavy atom. The van der Waals surface area contributed by atoms with Crippen LogP contribution in [0.5, 0.6) is 0 Å². The fraction of sp³-hybridized carbons (Fsp3) is 0.562. The minimum atomic E-state index is 0.0180. The highest BCUT2D eigenvalue weighted by atomic mass is 16.1. The lowest BCUT2D eigenvalue weighted by molar-refractivity contribution is 0.0953. The second-order valence-corrected chi connectivity index (χ2v) is 5.74. The van der Waals surface area contributed by atoms with Gasteiger partial charge < -0.3 is 20.9 Å². The van der Waals surface area contributed by atoms with Crippen molar-refractivity contribution in [1.29, 1.82) is 0 Å². The van der Waals surface area contributed by atoms with E-state index in [-0.39, 0.29) is 5.91 Å². The average Bonchev–Trinajstić information content (AvgIpc) is 3.04. The van der Waals surface area contributed by atoms with Crippen molar-refractivity contribution in [2.45, 2.75) is 19.3 Å². The van der Waals surface area contributed by atoms with E-state index >= 15 is 0 Å². The van der Waals surface area contributed by atoms with Crippen LogP contribution in [-0.4, -0.2) is 50.1 Å². The number of fused-ring (bicyclic) bond motifs is 1. The highest BCUT2D eigenvalue weighted by Crippen LogP contribution is 2.28. The van der Waals surface area contributed by atoms with Crippen molar-refractivity contribution in [3.63, 3.8) is 0 Å². The molecule has 1 fully saturated rings. The minimum absolute atomic E-state index is 0.0180. The van der Waals surface area contributed by atoms with Gasteiger partial charge in [0, 0.05) is 19.6 Å². The summed E-state index contributed by atoms with van der Waals surface area (Å²) in [6.45, 7) is 6.02. The first-order valence-corrected chi connectivity index (χ1v) is 7.96. The van der Waals surface area contributed by atoms with E-state index in [2.05, 4.69) is 20.9 Å². The van der Waals surface area contributed by atoms with Gasteiger partial charge in [0.1, 0.15) is 0 Å². The maximum absolute atomic E-state index is 12.3. The van der Waals surface area contributed by atoms with Crippen LogP contribution in [0.25, 0.3) is 0 Å². The highest BCUT2D eigenvalue weighted by Gasteiger charge is 2.17. The Morgan fingerprint density at radius 1 is 1.19 bits per heavy atom. The molecule has 3 N–H and O–H groups in total. The number of para-hydroxylation sites is 1. The molecular formula is C16H24N4O. The van der Waals surface area contributed by atoms with Gasteiger partial charge in [-0.3, -0.25) is 4.79 Å². The molecule has 0 bridgehead atoms. The molecule has 0 aromatic heterocycles. The summed E-state index contributed by atoms with van der Waals surface area (Å²) in [5, 5.41) is 9.67. The fourth-order valence-corrected chi connectivity index (χ4v) is 3.07. The van der Waals surface area contributed by atoms with Gasteiger partial charge in [-0.2, -0.15) is 0 Å². The van der Waals surface area contributed by atoms with Crippen molar-refractivity contribution in [3.05, 3.63) is 23.8 Å². The number of nitrogens with one attached hydrogen (secondary N) is 3. The number of anilines is 2. The second-order valence-electron chi connectivity index (χ2n) is 5.74. The zero-order chi connectivity index (χ0) is 14.5. The van der Waals surface area contributed by atoms with Gasteiger partial charge in [0.15, 0.2) is 0 Å². The number of carbonyl (C=O) groups is 1. The molecule has 1 amide bonds. The van der Waals surface area contributed by atoms with Crippen LogP contribution in [0.1, 0.15) is 29.6 Å². The predicted molar refractivity (Wildman–Crippen MR) is 86.0 cm³/mol. The number of likely N-dealkylation sites (tertiary alicyclic amines) is 1. The maximum Gasteiger partial charge on any atom is 0.253 e. The normalized spacial score (nSPS) is 17.7. The number of rotatable bonds is 5. The molecule has 0 unspecified atom stereocenters. The van der Waals surface area contributed by atoms with Crippen LogP contribution in [0.2, 0.25) is 0 Å². The molecule has 1 aromatic carbocycles. The van der Waals surface area contributed by atoms with Crippen LogP contribution in [0.4, 0.5) is 11.4 Å². The number of carbonyl (C=O) groups excluding carboxylic acids is 1. The molecule has 0 radical (unpaired) electrons. The standard InChI is InChI=1S/C16H24N4O/c21-16(19-7-4-12-20-10-1-2-11-20)13-5-3-6-14-15(13)18-9-8-17-14/h3,5-6,17-18H,1-2,4,7-12H2,(H,19,21). The molecule has 0 spiro atoms. The Morgan fingerprint density at radius 2 is 2.00 bits per heavy atom. The summed E-state index contributed by atoms with van der Waals surface area (Å²) in [5.74, 6) is 0.0180. The number of hydrogen-bond acceptors (Lipinski definition) is 4. The minimum Gasteiger partial charge on any atom is -0.382 e. The Balaban J connectivity index is 1.51. The molecular weight excluding hydrogens is 264 g/mol. The van der Waals surface area contributed by atoms with Crippen molar-refractivity contribution in [1.82, 2.24) is 10.2 Å². The van der Waals surface area contributed by atoms with Crippen LogP contribution >= 0.6 is 0 Å². The smallest absolute Gasteiger partial charge is 0.253 e. The lowest BCUT2D eigenvalue weighted by Crippen LogP contribution is -2.30. The monoisotopic (exact) mass is 288 g/mol. The zero-order valence-corrected chi connectivity index (χ0v) is 12.5. The Bertz CT molecular complexity index is 497. The van der Waals surface area contributed by atoms with E-state index in [1.165, 1.54) is 25.9 Å². The van der Waals surface area contributed by atoms with E-state index in [0.717, 1.165) is 49.5 Å². The molecule has 5 heteroatoms. The van der Waals surface area contributed by atoms with Crippen molar-refractivity contribution in [3.8, 4) is 0 Å². The van der Waals surface area contributed by atoms with E-state index in [1.54, 1.807) is 0 Å².